The van der Waals surface area contributed by atoms with E-state index in [9.17, 15) is 4.79 Å². The average Bonchev–Trinajstić information content (AvgIpc) is 2.16. The van der Waals surface area contributed by atoms with Gasteiger partial charge < -0.3 is 15.2 Å². The van der Waals surface area contributed by atoms with Gasteiger partial charge in [0.15, 0.2) is 0 Å². The molecule has 0 aliphatic heterocycles. The van der Waals surface area contributed by atoms with Gasteiger partial charge in [-0.2, -0.15) is 0 Å². The summed E-state index contributed by atoms with van der Waals surface area (Å²) in [5.74, 6) is -0.171. The lowest BCUT2D eigenvalue weighted by Crippen LogP contribution is -2.12. The van der Waals surface area contributed by atoms with Crippen molar-refractivity contribution in [3.8, 4) is 5.75 Å². The summed E-state index contributed by atoms with van der Waals surface area (Å²) in [7, 11) is 1.58. The molecule has 0 radical (unpaired) electrons. The van der Waals surface area contributed by atoms with Crippen molar-refractivity contribution in [2.75, 3.05) is 19.0 Å². The smallest absolute Gasteiger partial charge is 0.322 e. The molecule has 1 aromatic carbocycles. The highest BCUT2D eigenvalue weighted by Crippen LogP contribution is 2.21. The lowest BCUT2D eigenvalue weighted by atomic mass is 10.2. The number of methoxy groups -OCH3 is 1. The maximum Gasteiger partial charge on any atom is 0.322 e. The summed E-state index contributed by atoms with van der Waals surface area (Å²) in [6.45, 7) is 1.82. The van der Waals surface area contributed by atoms with Gasteiger partial charge in [0.25, 0.3) is 0 Å². The minimum absolute atomic E-state index is 0.0893. The molecule has 0 aromatic heterocycles. The fourth-order valence-electron chi connectivity index (χ4n) is 1.09. The molecule has 0 aliphatic rings. The van der Waals surface area contributed by atoms with Crippen molar-refractivity contribution >= 4 is 11.7 Å². The summed E-state index contributed by atoms with van der Waals surface area (Å²) in [6, 6.07) is 5.49. The molecule has 0 saturated carbocycles. The zero-order chi connectivity index (χ0) is 10.6. The second-order valence-electron chi connectivity index (χ2n) is 2.93. The molecule has 0 fully saturated rings. The van der Waals surface area contributed by atoms with E-state index in [1.54, 1.807) is 13.2 Å². The van der Waals surface area contributed by atoms with E-state index < -0.39 is 5.97 Å². The fourth-order valence-corrected chi connectivity index (χ4v) is 1.09. The quantitative estimate of drug-likeness (QED) is 0.764. The van der Waals surface area contributed by atoms with E-state index in [0.29, 0.717) is 5.75 Å². The van der Waals surface area contributed by atoms with Gasteiger partial charge in [-0.3, -0.25) is 4.79 Å². The first kappa shape index (κ1) is 10.4. The van der Waals surface area contributed by atoms with Crippen LogP contribution in [0.25, 0.3) is 0 Å². The molecular weight excluding hydrogens is 182 g/mol. The number of aliphatic carboxylic acids is 1. The van der Waals surface area contributed by atoms with Crippen LogP contribution in [0.3, 0.4) is 0 Å². The average molecular weight is 195 g/mol. The van der Waals surface area contributed by atoms with E-state index in [2.05, 4.69) is 5.32 Å². The molecule has 14 heavy (non-hydrogen) atoms. The number of carboxylic acids is 1. The second kappa shape index (κ2) is 4.50. The highest BCUT2D eigenvalue weighted by molar-refractivity contribution is 5.73. The predicted octanol–water partition coefficient (Wildman–Crippen LogP) is 1.50. The number of anilines is 1. The van der Waals surface area contributed by atoms with Crippen LogP contribution in [0.4, 0.5) is 5.69 Å². The lowest BCUT2D eigenvalue weighted by molar-refractivity contribution is -0.134. The topological polar surface area (TPSA) is 58.6 Å². The van der Waals surface area contributed by atoms with Gasteiger partial charge in [-0.05, 0) is 18.6 Å². The predicted molar refractivity (Wildman–Crippen MR) is 53.9 cm³/mol. The Hall–Kier alpha value is -1.71. The van der Waals surface area contributed by atoms with Crippen molar-refractivity contribution in [3.63, 3.8) is 0 Å². The van der Waals surface area contributed by atoms with Crippen LogP contribution in [0.1, 0.15) is 5.56 Å². The molecule has 4 nitrogen and oxygen atoms in total. The first-order valence-corrected chi connectivity index (χ1v) is 4.24. The zero-order valence-corrected chi connectivity index (χ0v) is 8.20. The molecule has 0 spiro atoms. The van der Waals surface area contributed by atoms with Crippen LogP contribution in [0, 0.1) is 6.92 Å². The van der Waals surface area contributed by atoms with Crippen molar-refractivity contribution in [2.24, 2.45) is 0 Å². The number of aryl methyl sites for hydroxylation is 1. The maximum atomic E-state index is 10.3. The number of rotatable bonds is 4. The van der Waals surface area contributed by atoms with Crippen LogP contribution < -0.4 is 10.1 Å². The third-order valence-electron chi connectivity index (χ3n) is 1.87. The Morgan fingerprint density at radius 1 is 1.57 bits per heavy atom. The molecule has 76 valence electrons. The monoisotopic (exact) mass is 195 g/mol. The Balaban J connectivity index is 2.78. The molecule has 0 atom stereocenters. The number of hydrogen-bond acceptors (Lipinski definition) is 3. The van der Waals surface area contributed by atoms with Gasteiger partial charge in [-0.1, -0.05) is 6.07 Å². The number of benzene rings is 1. The van der Waals surface area contributed by atoms with Gasteiger partial charge in [-0.25, -0.2) is 0 Å². The molecule has 1 rings (SSSR count). The third-order valence-corrected chi connectivity index (χ3v) is 1.87. The third kappa shape index (κ3) is 2.65. The largest absolute Gasteiger partial charge is 0.497 e. The van der Waals surface area contributed by atoms with Crippen LogP contribution in [-0.4, -0.2) is 24.7 Å². The number of hydrogen-bond donors (Lipinski definition) is 2. The van der Waals surface area contributed by atoms with Gasteiger partial charge in [-0.15, -0.1) is 0 Å². The molecular formula is C10H13NO3. The van der Waals surface area contributed by atoms with E-state index in [4.69, 9.17) is 9.84 Å². The van der Waals surface area contributed by atoms with Gasteiger partial charge in [0.2, 0.25) is 0 Å². The Labute approximate surface area is 82.5 Å². The van der Waals surface area contributed by atoms with Crippen molar-refractivity contribution < 1.29 is 14.6 Å². The molecule has 1 aromatic rings. The van der Waals surface area contributed by atoms with E-state index >= 15 is 0 Å². The first-order valence-electron chi connectivity index (χ1n) is 4.24. The van der Waals surface area contributed by atoms with Crippen molar-refractivity contribution in [1.82, 2.24) is 0 Å². The Kier molecular flexibility index (Phi) is 3.34. The second-order valence-corrected chi connectivity index (χ2v) is 2.93. The molecule has 0 aliphatic carbocycles. The number of carboxylic acid groups (broad SMARTS) is 1. The minimum Gasteiger partial charge on any atom is -0.497 e. The number of carbonyl (C=O) groups is 1. The van der Waals surface area contributed by atoms with Gasteiger partial charge >= 0.3 is 5.97 Å². The Morgan fingerprint density at radius 3 is 2.86 bits per heavy atom. The highest BCUT2D eigenvalue weighted by atomic mass is 16.5. The molecule has 4 heteroatoms. The summed E-state index contributed by atoms with van der Waals surface area (Å²) >= 11 is 0. The van der Waals surface area contributed by atoms with E-state index in [-0.39, 0.29) is 6.54 Å². The molecule has 0 saturated heterocycles. The Bertz CT molecular complexity index is 336. The van der Waals surface area contributed by atoms with Crippen LogP contribution >= 0.6 is 0 Å². The SMILES string of the molecule is COc1ccc(C)c(NCC(=O)O)c1. The van der Waals surface area contributed by atoms with Crippen molar-refractivity contribution in [1.29, 1.82) is 0 Å². The standard InChI is InChI=1S/C10H13NO3/c1-7-3-4-8(14-2)5-9(7)11-6-10(12)13/h3-5,11H,6H2,1-2H3,(H,12,13). The van der Waals surface area contributed by atoms with Gasteiger partial charge in [0.1, 0.15) is 12.3 Å². The first-order chi connectivity index (χ1) is 6.63. The normalized spacial score (nSPS) is 9.57. The van der Waals surface area contributed by atoms with E-state index in [1.807, 2.05) is 19.1 Å². The van der Waals surface area contributed by atoms with Gasteiger partial charge in [0, 0.05) is 11.8 Å². The van der Waals surface area contributed by atoms with Crippen molar-refractivity contribution in [3.05, 3.63) is 23.8 Å². The summed E-state index contributed by atoms with van der Waals surface area (Å²) in [5, 5.41) is 11.3. The summed E-state index contributed by atoms with van der Waals surface area (Å²) < 4.78 is 5.03. The van der Waals surface area contributed by atoms with Crippen LogP contribution in [0.15, 0.2) is 18.2 Å². The Morgan fingerprint density at radius 2 is 2.29 bits per heavy atom. The minimum atomic E-state index is -0.882. The van der Waals surface area contributed by atoms with E-state index in [1.165, 1.54) is 0 Å². The molecule has 2 N–H and O–H groups in total. The summed E-state index contributed by atoms with van der Waals surface area (Å²) in [5.41, 5.74) is 1.78. The molecule has 0 unspecified atom stereocenters. The molecule has 0 amide bonds. The summed E-state index contributed by atoms with van der Waals surface area (Å²) in [6.07, 6.45) is 0. The zero-order valence-electron chi connectivity index (χ0n) is 8.20. The lowest BCUT2D eigenvalue weighted by Gasteiger charge is -2.09. The van der Waals surface area contributed by atoms with Gasteiger partial charge in [0.05, 0.1) is 7.11 Å². The highest BCUT2D eigenvalue weighted by Gasteiger charge is 2.02. The van der Waals surface area contributed by atoms with Crippen LogP contribution in [-0.2, 0) is 4.79 Å². The summed E-state index contributed by atoms with van der Waals surface area (Å²) in [4.78, 5) is 10.3. The fraction of sp³-hybridized carbons (Fsp3) is 0.300. The van der Waals surface area contributed by atoms with Crippen LogP contribution in [0.2, 0.25) is 0 Å². The van der Waals surface area contributed by atoms with Crippen LogP contribution in [0.5, 0.6) is 5.75 Å². The molecule has 0 bridgehead atoms. The van der Waals surface area contributed by atoms with Crippen molar-refractivity contribution in [2.45, 2.75) is 6.92 Å². The molecule has 0 heterocycles. The number of ether oxygens (including phenoxy) is 1. The maximum absolute atomic E-state index is 10.3. The number of nitrogens with one attached hydrogen (secondary N) is 1. The van der Waals surface area contributed by atoms with E-state index in [0.717, 1.165) is 11.3 Å².